The standard InChI is InChI=1S/C17H24N2O6S2/c1-2-25-15-9-8-14(19-17(20)10-11-26(19,21)22)12-16(15)27(23,24)18-13-6-4-3-5-7-13/h8-9,12-13,18H,2-7,10-11H2,1H3. The van der Waals surface area contributed by atoms with E-state index in [1.807, 2.05) is 0 Å². The second-order valence-electron chi connectivity index (χ2n) is 6.74. The van der Waals surface area contributed by atoms with Crippen LogP contribution in [0.15, 0.2) is 23.1 Å². The number of hydrogen-bond acceptors (Lipinski definition) is 6. The van der Waals surface area contributed by atoms with Crippen molar-refractivity contribution in [3.05, 3.63) is 18.2 Å². The first-order valence-electron chi connectivity index (χ1n) is 9.09. The van der Waals surface area contributed by atoms with Gasteiger partial charge in [-0.2, -0.15) is 0 Å². The molecule has 0 bridgehead atoms. The van der Waals surface area contributed by atoms with Gasteiger partial charge in [-0.1, -0.05) is 19.3 Å². The number of carbonyl (C=O) groups is 1. The van der Waals surface area contributed by atoms with Crippen molar-refractivity contribution in [1.29, 1.82) is 0 Å². The van der Waals surface area contributed by atoms with Crippen LogP contribution in [-0.4, -0.2) is 41.1 Å². The molecule has 1 saturated heterocycles. The second kappa shape index (κ2) is 7.76. The summed E-state index contributed by atoms with van der Waals surface area (Å²) in [5, 5.41) is 0. The lowest BCUT2D eigenvalue weighted by Crippen LogP contribution is -2.36. The van der Waals surface area contributed by atoms with Gasteiger partial charge in [0.1, 0.15) is 10.6 Å². The molecule has 8 nitrogen and oxygen atoms in total. The molecule has 10 heteroatoms. The number of nitrogens with one attached hydrogen (secondary N) is 1. The fraction of sp³-hybridized carbons (Fsp3) is 0.588. The van der Waals surface area contributed by atoms with Crippen LogP contribution in [0.2, 0.25) is 0 Å². The Morgan fingerprint density at radius 3 is 2.52 bits per heavy atom. The van der Waals surface area contributed by atoms with Gasteiger partial charge >= 0.3 is 0 Å². The molecule has 0 radical (unpaired) electrons. The van der Waals surface area contributed by atoms with E-state index in [-0.39, 0.29) is 41.2 Å². The third kappa shape index (κ3) is 4.27. The monoisotopic (exact) mass is 416 g/mol. The van der Waals surface area contributed by atoms with E-state index in [4.69, 9.17) is 4.74 Å². The molecule has 1 aromatic carbocycles. The lowest BCUT2D eigenvalue weighted by molar-refractivity contribution is -0.116. The molecule has 0 aromatic heterocycles. The molecule has 27 heavy (non-hydrogen) atoms. The van der Waals surface area contributed by atoms with Crippen LogP contribution in [0, 0.1) is 0 Å². The van der Waals surface area contributed by atoms with Crippen molar-refractivity contribution in [1.82, 2.24) is 4.72 Å². The maximum absolute atomic E-state index is 13.0. The molecule has 150 valence electrons. The average molecular weight is 417 g/mol. The third-order valence-corrected chi connectivity index (χ3v) is 7.99. The van der Waals surface area contributed by atoms with Crippen LogP contribution in [-0.2, 0) is 24.8 Å². The molecule has 3 rings (SSSR count). The van der Waals surface area contributed by atoms with E-state index in [0.717, 1.165) is 32.1 Å². The summed E-state index contributed by atoms with van der Waals surface area (Å²) in [6.45, 7) is 1.99. The number of carbonyl (C=O) groups excluding carboxylic acids is 1. The van der Waals surface area contributed by atoms with Gasteiger partial charge in [0.15, 0.2) is 0 Å². The topological polar surface area (TPSA) is 110 Å². The Kier molecular flexibility index (Phi) is 5.78. The first kappa shape index (κ1) is 20.1. The Morgan fingerprint density at radius 1 is 1.22 bits per heavy atom. The molecule has 0 unspecified atom stereocenters. The molecule has 1 aliphatic carbocycles. The summed E-state index contributed by atoms with van der Waals surface area (Å²) < 4.78 is 59.1. The van der Waals surface area contributed by atoms with E-state index in [0.29, 0.717) is 4.31 Å². The maximum atomic E-state index is 13.0. The number of anilines is 1. The van der Waals surface area contributed by atoms with Crippen molar-refractivity contribution in [3.63, 3.8) is 0 Å². The Morgan fingerprint density at radius 2 is 1.93 bits per heavy atom. The van der Waals surface area contributed by atoms with E-state index in [1.165, 1.54) is 18.2 Å². The predicted molar refractivity (Wildman–Crippen MR) is 101 cm³/mol. The molecule has 1 aromatic rings. The average Bonchev–Trinajstić information content (AvgIpc) is 2.89. The molecule has 1 amide bonds. The predicted octanol–water partition coefficient (Wildman–Crippen LogP) is 1.76. The van der Waals surface area contributed by atoms with Crippen molar-refractivity contribution in [2.45, 2.75) is 56.4 Å². The summed E-state index contributed by atoms with van der Waals surface area (Å²) in [5.74, 6) is -0.710. The fourth-order valence-corrected chi connectivity index (χ4v) is 6.40. The zero-order chi connectivity index (χ0) is 19.7. The van der Waals surface area contributed by atoms with E-state index < -0.39 is 26.0 Å². The summed E-state index contributed by atoms with van der Waals surface area (Å²) in [5.41, 5.74) is 0.0185. The SMILES string of the molecule is CCOc1ccc(N2C(=O)CCS2(=O)=O)cc1S(=O)(=O)NC1CCCCC1. The lowest BCUT2D eigenvalue weighted by atomic mass is 9.96. The quantitative estimate of drug-likeness (QED) is 0.757. The van der Waals surface area contributed by atoms with Crippen LogP contribution in [0.4, 0.5) is 5.69 Å². The van der Waals surface area contributed by atoms with Gasteiger partial charge in [0.25, 0.3) is 0 Å². The number of benzene rings is 1. The number of sulfonamides is 2. The summed E-state index contributed by atoms with van der Waals surface area (Å²) in [7, 11) is -7.70. The smallest absolute Gasteiger partial charge is 0.244 e. The molecule has 2 aliphatic rings. The highest BCUT2D eigenvalue weighted by molar-refractivity contribution is 7.94. The van der Waals surface area contributed by atoms with Gasteiger partial charge in [0, 0.05) is 12.5 Å². The first-order chi connectivity index (χ1) is 12.7. The highest BCUT2D eigenvalue weighted by Gasteiger charge is 2.37. The van der Waals surface area contributed by atoms with E-state index in [2.05, 4.69) is 4.72 Å². The summed E-state index contributed by atoms with van der Waals surface area (Å²) in [4.78, 5) is 11.9. The minimum absolute atomic E-state index is 0.0185. The summed E-state index contributed by atoms with van der Waals surface area (Å²) >= 11 is 0. The first-order valence-corrected chi connectivity index (χ1v) is 12.2. The van der Waals surface area contributed by atoms with E-state index in [9.17, 15) is 21.6 Å². The second-order valence-corrected chi connectivity index (χ2v) is 10.4. The van der Waals surface area contributed by atoms with Gasteiger partial charge in [-0.3, -0.25) is 4.79 Å². The molecule has 1 N–H and O–H groups in total. The van der Waals surface area contributed by atoms with Gasteiger partial charge in [-0.05, 0) is 38.0 Å². The number of rotatable bonds is 6. The van der Waals surface area contributed by atoms with Crippen LogP contribution in [0.1, 0.15) is 45.4 Å². The summed E-state index contributed by atoms with van der Waals surface area (Å²) in [6.07, 6.45) is 4.44. The maximum Gasteiger partial charge on any atom is 0.244 e. The van der Waals surface area contributed by atoms with Gasteiger partial charge in [-0.15, -0.1) is 0 Å². The molecule has 0 atom stereocenters. The number of amides is 1. The van der Waals surface area contributed by atoms with Crippen LogP contribution >= 0.6 is 0 Å². The van der Waals surface area contributed by atoms with Gasteiger partial charge < -0.3 is 4.74 Å². The Labute approximate surface area is 160 Å². The number of nitrogens with zero attached hydrogens (tertiary/aromatic N) is 1. The van der Waals surface area contributed by atoms with Crippen molar-refractivity contribution >= 4 is 31.6 Å². The van der Waals surface area contributed by atoms with Crippen molar-refractivity contribution < 1.29 is 26.4 Å². The molecule has 1 aliphatic heterocycles. The van der Waals surface area contributed by atoms with Crippen molar-refractivity contribution in [3.8, 4) is 5.75 Å². The highest BCUT2D eigenvalue weighted by Crippen LogP contribution is 2.33. The third-order valence-electron chi connectivity index (χ3n) is 4.76. The van der Waals surface area contributed by atoms with Crippen LogP contribution < -0.4 is 13.8 Å². The van der Waals surface area contributed by atoms with Crippen LogP contribution in [0.5, 0.6) is 5.75 Å². The van der Waals surface area contributed by atoms with Crippen LogP contribution in [0.25, 0.3) is 0 Å². The Bertz CT molecular complexity index is 921. The van der Waals surface area contributed by atoms with Crippen molar-refractivity contribution in [2.24, 2.45) is 0 Å². The van der Waals surface area contributed by atoms with Gasteiger partial charge in [0.2, 0.25) is 26.0 Å². The van der Waals surface area contributed by atoms with E-state index >= 15 is 0 Å². The Hall–Kier alpha value is -1.65. The molecule has 1 heterocycles. The fourth-order valence-electron chi connectivity index (χ4n) is 3.48. The number of hydrogen-bond donors (Lipinski definition) is 1. The molecule has 2 fully saturated rings. The van der Waals surface area contributed by atoms with Gasteiger partial charge in [-0.25, -0.2) is 25.9 Å². The van der Waals surface area contributed by atoms with E-state index in [1.54, 1.807) is 6.92 Å². The Balaban J connectivity index is 2.00. The highest BCUT2D eigenvalue weighted by atomic mass is 32.2. The van der Waals surface area contributed by atoms with Crippen LogP contribution in [0.3, 0.4) is 0 Å². The zero-order valence-corrected chi connectivity index (χ0v) is 16.8. The van der Waals surface area contributed by atoms with Gasteiger partial charge in [0.05, 0.1) is 18.0 Å². The normalized spacial score (nSPS) is 20.8. The largest absolute Gasteiger partial charge is 0.492 e. The van der Waals surface area contributed by atoms with Crippen molar-refractivity contribution in [2.75, 3.05) is 16.7 Å². The molecular formula is C17H24N2O6S2. The molecule has 1 saturated carbocycles. The lowest BCUT2D eigenvalue weighted by Gasteiger charge is -2.24. The molecular weight excluding hydrogens is 392 g/mol. The summed E-state index contributed by atoms with van der Waals surface area (Å²) in [6, 6.07) is 3.84. The minimum Gasteiger partial charge on any atom is -0.492 e. The minimum atomic E-state index is -3.93. The number of ether oxygens (including phenoxy) is 1. The zero-order valence-electron chi connectivity index (χ0n) is 15.2. The molecule has 0 spiro atoms.